The van der Waals surface area contributed by atoms with Crippen molar-refractivity contribution in [1.82, 2.24) is 0 Å². The molecule has 0 radical (unpaired) electrons. The van der Waals surface area contributed by atoms with Crippen LogP contribution in [0.4, 0.5) is 17.1 Å². The Balaban J connectivity index is 1.03. The molecule has 0 N–H and O–H groups in total. The number of para-hydroxylation sites is 1. The van der Waals surface area contributed by atoms with Crippen molar-refractivity contribution in [2.24, 2.45) is 5.92 Å². The van der Waals surface area contributed by atoms with E-state index in [1.54, 1.807) is 0 Å². The average molecular weight is 706 g/mol. The van der Waals surface area contributed by atoms with Crippen LogP contribution in [0.1, 0.15) is 22.6 Å². The zero-order valence-corrected chi connectivity index (χ0v) is 30.4. The molecule has 2 aliphatic rings. The topological polar surface area (TPSA) is 3.24 Å². The van der Waals surface area contributed by atoms with E-state index >= 15 is 0 Å². The fourth-order valence-electron chi connectivity index (χ4n) is 8.82. The number of hydrogen-bond acceptors (Lipinski definition) is 2. The predicted molar refractivity (Wildman–Crippen MR) is 233 cm³/mol. The number of rotatable bonds is 5. The highest BCUT2D eigenvalue weighted by molar-refractivity contribution is 7.25. The molecule has 254 valence electrons. The van der Waals surface area contributed by atoms with E-state index in [2.05, 4.69) is 205 Å². The van der Waals surface area contributed by atoms with Crippen molar-refractivity contribution in [2.45, 2.75) is 5.92 Å². The maximum absolute atomic E-state index is 2.46. The van der Waals surface area contributed by atoms with E-state index in [-0.39, 0.29) is 0 Å². The third kappa shape index (κ3) is 5.06. The number of nitrogens with zero attached hydrogens (tertiary/aromatic N) is 1. The van der Waals surface area contributed by atoms with Gasteiger partial charge in [-0.25, -0.2) is 0 Å². The first-order valence-electron chi connectivity index (χ1n) is 18.8. The molecule has 0 saturated carbocycles. The maximum atomic E-state index is 2.46. The Bertz CT molecular complexity index is 3000. The van der Waals surface area contributed by atoms with Crippen LogP contribution in [0.3, 0.4) is 0 Å². The van der Waals surface area contributed by atoms with Crippen LogP contribution in [0.5, 0.6) is 0 Å². The lowest BCUT2D eigenvalue weighted by Gasteiger charge is -2.31. The molecule has 2 unspecified atom stereocenters. The van der Waals surface area contributed by atoms with Crippen LogP contribution in [0.15, 0.2) is 194 Å². The Morgan fingerprint density at radius 1 is 0.463 bits per heavy atom. The van der Waals surface area contributed by atoms with Crippen molar-refractivity contribution in [3.8, 4) is 11.1 Å². The fraction of sp³-hybridized carbons (Fsp3) is 0.0385. The first-order chi connectivity index (χ1) is 26.8. The van der Waals surface area contributed by atoms with Gasteiger partial charge in [0.05, 0.1) is 11.4 Å². The summed E-state index contributed by atoms with van der Waals surface area (Å²) >= 11 is 1.87. The van der Waals surface area contributed by atoms with E-state index in [0.29, 0.717) is 11.8 Å². The zero-order chi connectivity index (χ0) is 35.6. The minimum absolute atomic E-state index is 0.318. The zero-order valence-electron chi connectivity index (χ0n) is 29.6. The second-order valence-corrected chi connectivity index (χ2v) is 15.5. The van der Waals surface area contributed by atoms with E-state index in [1.807, 2.05) is 11.3 Å². The van der Waals surface area contributed by atoms with E-state index < -0.39 is 0 Å². The van der Waals surface area contributed by atoms with E-state index in [9.17, 15) is 0 Å². The Morgan fingerprint density at radius 2 is 1.22 bits per heavy atom. The van der Waals surface area contributed by atoms with Gasteiger partial charge in [-0.15, -0.1) is 11.3 Å². The minimum atomic E-state index is 0.318. The molecular weight excluding hydrogens is 671 g/mol. The van der Waals surface area contributed by atoms with Gasteiger partial charge in [0.25, 0.3) is 0 Å². The summed E-state index contributed by atoms with van der Waals surface area (Å²) in [6, 6.07) is 62.4. The van der Waals surface area contributed by atoms with Crippen LogP contribution in [0, 0.1) is 5.92 Å². The molecule has 11 rings (SSSR count). The van der Waals surface area contributed by atoms with Gasteiger partial charge >= 0.3 is 0 Å². The van der Waals surface area contributed by atoms with Crippen molar-refractivity contribution in [3.63, 3.8) is 0 Å². The molecule has 0 aliphatic heterocycles. The van der Waals surface area contributed by atoms with Crippen LogP contribution in [-0.2, 0) is 0 Å². The molecule has 2 atom stereocenters. The van der Waals surface area contributed by atoms with Gasteiger partial charge in [-0.2, -0.15) is 0 Å². The van der Waals surface area contributed by atoms with E-state index in [1.165, 1.54) is 80.8 Å². The van der Waals surface area contributed by atoms with Crippen LogP contribution in [0.25, 0.3) is 64.5 Å². The van der Waals surface area contributed by atoms with Crippen LogP contribution in [-0.4, -0.2) is 0 Å². The Labute approximate surface area is 319 Å². The summed E-state index contributed by atoms with van der Waals surface area (Å²) in [5, 5.41) is 7.79. The monoisotopic (exact) mass is 705 g/mol. The molecule has 1 nitrogen and oxygen atoms in total. The molecule has 0 amide bonds. The molecule has 0 bridgehead atoms. The quantitative estimate of drug-likeness (QED) is 0.172. The molecular formula is C52H35NS. The largest absolute Gasteiger partial charge is 0.309 e. The third-order valence-electron chi connectivity index (χ3n) is 11.4. The lowest BCUT2D eigenvalue weighted by atomic mass is 9.73. The molecule has 0 saturated heterocycles. The lowest BCUT2D eigenvalue weighted by molar-refractivity contribution is 0.700. The van der Waals surface area contributed by atoms with Gasteiger partial charge in [0.2, 0.25) is 0 Å². The SMILES string of the molecule is C1=CC2c3c(ccc4ccccc34)C=CC2C=C1c1ccc(N(c2ccccc2-c2ccccc2)c2cccc3cc4c(cc23)sc2ccccc24)cc1. The summed E-state index contributed by atoms with van der Waals surface area (Å²) in [6.07, 6.45) is 11.9. The Hall–Kier alpha value is -6.48. The molecule has 9 aromatic rings. The van der Waals surface area contributed by atoms with Gasteiger partial charge in [-0.3, -0.25) is 0 Å². The Kier molecular flexibility index (Phi) is 7.24. The fourth-order valence-corrected chi connectivity index (χ4v) is 9.95. The molecule has 2 heteroatoms. The van der Waals surface area contributed by atoms with E-state index in [4.69, 9.17) is 0 Å². The summed E-state index contributed by atoms with van der Waals surface area (Å²) in [5.74, 6) is 0.654. The normalized spacial score (nSPS) is 16.1. The smallest absolute Gasteiger partial charge is 0.0540 e. The van der Waals surface area contributed by atoms with Gasteiger partial charge in [0, 0.05) is 48.6 Å². The summed E-state index contributed by atoms with van der Waals surface area (Å²) in [6.45, 7) is 0. The van der Waals surface area contributed by atoms with Crippen molar-refractivity contribution >= 4 is 81.8 Å². The number of benzene rings is 8. The molecule has 2 aliphatic carbocycles. The van der Waals surface area contributed by atoms with Crippen molar-refractivity contribution in [1.29, 1.82) is 0 Å². The van der Waals surface area contributed by atoms with Crippen molar-refractivity contribution < 1.29 is 0 Å². The average Bonchev–Trinajstić information content (AvgIpc) is 3.61. The number of anilines is 3. The summed E-state index contributed by atoms with van der Waals surface area (Å²) in [5.41, 5.74) is 11.1. The van der Waals surface area contributed by atoms with Crippen molar-refractivity contribution in [3.05, 3.63) is 211 Å². The lowest BCUT2D eigenvalue weighted by Crippen LogP contribution is -2.15. The highest BCUT2D eigenvalue weighted by atomic mass is 32.1. The minimum Gasteiger partial charge on any atom is -0.309 e. The Morgan fingerprint density at radius 3 is 2.13 bits per heavy atom. The van der Waals surface area contributed by atoms with Gasteiger partial charge in [-0.05, 0) is 86.5 Å². The second-order valence-electron chi connectivity index (χ2n) is 14.4. The first-order valence-corrected chi connectivity index (χ1v) is 19.6. The standard InChI is InChI=1S/C52H35NS/c1-2-11-35(12-3-1)42-15-6-8-18-48(42)53(49-19-10-14-39-32-47-45-17-7-9-20-50(45)54-51(47)33-46(39)49)41-28-25-34(26-29-41)38-27-30-44-40(31-38)24-23-37-22-21-36-13-4-5-16-43(36)52(37)44/h1-33,40,44H. The van der Waals surface area contributed by atoms with Gasteiger partial charge < -0.3 is 4.90 Å². The summed E-state index contributed by atoms with van der Waals surface area (Å²) in [7, 11) is 0. The summed E-state index contributed by atoms with van der Waals surface area (Å²) < 4.78 is 2.63. The number of thiophene rings is 1. The molecule has 0 spiro atoms. The van der Waals surface area contributed by atoms with Gasteiger partial charge in [0.15, 0.2) is 0 Å². The predicted octanol–water partition coefficient (Wildman–Crippen LogP) is 14.9. The molecule has 8 aromatic carbocycles. The number of allylic oxidation sites excluding steroid dienone is 5. The van der Waals surface area contributed by atoms with Crippen LogP contribution < -0.4 is 4.90 Å². The highest BCUT2D eigenvalue weighted by Gasteiger charge is 2.28. The van der Waals surface area contributed by atoms with Crippen LogP contribution in [0.2, 0.25) is 0 Å². The third-order valence-corrected chi connectivity index (χ3v) is 12.5. The van der Waals surface area contributed by atoms with Gasteiger partial charge in [0.1, 0.15) is 0 Å². The first kappa shape index (κ1) is 31.1. The molecule has 1 heterocycles. The van der Waals surface area contributed by atoms with Crippen LogP contribution >= 0.6 is 11.3 Å². The molecule has 1 aromatic heterocycles. The molecule has 54 heavy (non-hydrogen) atoms. The summed E-state index contributed by atoms with van der Waals surface area (Å²) in [4.78, 5) is 2.46. The second kappa shape index (κ2) is 12.6. The highest BCUT2D eigenvalue weighted by Crippen LogP contribution is 2.47. The maximum Gasteiger partial charge on any atom is 0.0540 e. The van der Waals surface area contributed by atoms with Crippen molar-refractivity contribution in [2.75, 3.05) is 4.90 Å². The van der Waals surface area contributed by atoms with Gasteiger partial charge in [-0.1, -0.05) is 158 Å². The molecule has 0 fully saturated rings. The van der Waals surface area contributed by atoms with E-state index in [0.717, 1.165) is 11.4 Å². The number of fused-ring (bicyclic) bond motifs is 9. The number of hydrogen-bond donors (Lipinski definition) is 0.